The summed E-state index contributed by atoms with van der Waals surface area (Å²) in [4.78, 5) is 14.6. The first-order chi connectivity index (χ1) is 8.66. The second kappa shape index (κ2) is 4.83. The number of hydrogen-bond acceptors (Lipinski definition) is 2. The number of carbonyl (C=O) groups is 1. The van der Waals surface area contributed by atoms with Crippen LogP contribution in [-0.4, -0.2) is 36.1 Å². The Morgan fingerprint density at radius 2 is 2.00 bits per heavy atom. The molecule has 2 fully saturated rings. The summed E-state index contributed by atoms with van der Waals surface area (Å²) in [6.45, 7) is 1.29. The molecule has 1 aromatic carbocycles. The highest BCUT2D eigenvalue weighted by molar-refractivity contribution is 9.10. The average molecular weight is 331 g/mol. The molecule has 0 aromatic heterocycles. The normalized spacial score (nSPS) is 26.4. The third kappa shape index (κ3) is 2.06. The molecule has 5 heteroatoms. The maximum atomic E-state index is 12.6. The number of rotatable bonds is 1. The third-order valence-electron chi connectivity index (χ3n) is 3.63. The molecule has 0 saturated carbocycles. The Morgan fingerprint density at radius 1 is 1.33 bits per heavy atom. The van der Waals surface area contributed by atoms with Gasteiger partial charge in [-0.2, -0.15) is 0 Å². The molecule has 2 saturated heterocycles. The van der Waals surface area contributed by atoms with Crippen LogP contribution >= 0.6 is 27.5 Å². The molecule has 2 atom stereocenters. The van der Waals surface area contributed by atoms with E-state index in [-0.39, 0.29) is 18.0 Å². The van der Waals surface area contributed by atoms with Gasteiger partial charge in [0.05, 0.1) is 35.9 Å². The smallest absolute Gasteiger partial charge is 0.256 e. The Morgan fingerprint density at radius 3 is 2.67 bits per heavy atom. The summed E-state index contributed by atoms with van der Waals surface area (Å²) in [6.07, 6.45) is 2.06. The number of fused-ring (bicyclic) bond motifs is 2. The monoisotopic (exact) mass is 329 g/mol. The Kier molecular flexibility index (Phi) is 3.34. The molecular formula is C13H13BrClNO2. The van der Waals surface area contributed by atoms with E-state index in [1.807, 2.05) is 11.0 Å². The van der Waals surface area contributed by atoms with Gasteiger partial charge in [-0.25, -0.2) is 0 Å². The average Bonchev–Trinajstić information content (AvgIpc) is 2.61. The molecule has 96 valence electrons. The van der Waals surface area contributed by atoms with Crippen molar-refractivity contribution in [2.75, 3.05) is 13.2 Å². The highest BCUT2D eigenvalue weighted by Crippen LogP contribution is 2.32. The first kappa shape index (κ1) is 12.5. The quantitative estimate of drug-likeness (QED) is 0.792. The van der Waals surface area contributed by atoms with Crippen molar-refractivity contribution in [3.05, 3.63) is 33.3 Å². The molecule has 2 heterocycles. The van der Waals surface area contributed by atoms with Gasteiger partial charge in [-0.3, -0.25) is 4.79 Å². The number of nitrogens with zero attached hydrogens (tertiary/aromatic N) is 1. The van der Waals surface area contributed by atoms with E-state index in [1.54, 1.807) is 12.1 Å². The molecule has 3 nitrogen and oxygen atoms in total. The van der Waals surface area contributed by atoms with Crippen LogP contribution in [0.3, 0.4) is 0 Å². The van der Waals surface area contributed by atoms with E-state index < -0.39 is 0 Å². The minimum atomic E-state index is 0.0251. The van der Waals surface area contributed by atoms with Crippen molar-refractivity contribution >= 4 is 33.4 Å². The summed E-state index contributed by atoms with van der Waals surface area (Å²) >= 11 is 9.51. The zero-order valence-electron chi connectivity index (χ0n) is 9.73. The van der Waals surface area contributed by atoms with Crippen LogP contribution in [0.2, 0.25) is 5.02 Å². The second-order valence-electron chi connectivity index (χ2n) is 4.76. The number of benzene rings is 1. The fourth-order valence-corrected chi connectivity index (χ4v) is 3.32. The summed E-state index contributed by atoms with van der Waals surface area (Å²) in [5, 5.41) is 0.508. The molecule has 3 rings (SSSR count). The molecule has 0 aliphatic carbocycles. The van der Waals surface area contributed by atoms with Gasteiger partial charge in [0.15, 0.2) is 0 Å². The summed E-state index contributed by atoms with van der Waals surface area (Å²) in [7, 11) is 0. The van der Waals surface area contributed by atoms with Crippen molar-refractivity contribution in [2.24, 2.45) is 0 Å². The number of hydrogen-bond donors (Lipinski definition) is 0. The molecule has 2 aliphatic rings. The largest absolute Gasteiger partial charge is 0.377 e. The lowest BCUT2D eigenvalue weighted by molar-refractivity contribution is -0.00715. The summed E-state index contributed by atoms with van der Waals surface area (Å²) in [6, 6.07) is 5.81. The topological polar surface area (TPSA) is 29.5 Å². The van der Waals surface area contributed by atoms with Gasteiger partial charge >= 0.3 is 0 Å². The number of amides is 1. The van der Waals surface area contributed by atoms with E-state index in [9.17, 15) is 4.79 Å². The van der Waals surface area contributed by atoms with Crippen LogP contribution in [0.15, 0.2) is 22.7 Å². The molecule has 1 aromatic rings. The minimum Gasteiger partial charge on any atom is -0.377 e. The second-order valence-corrected chi connectivity index (χ2v) is 6.08. The highest BCUT2D eigenvalue weighted by Gasteiger charge is 2.41. The van der Waals surface area contributed by atoms with Gasteiger partial charge in [-0.15, -0.1) is 0 Å². The SMILES string of the molecule is O=C(c1cc(Br)ccc1Cl)N1C2CCC1COC2. The maximum Gasteiger partial charge on any atom is 0.256 e. The molecule has 0 spiro atoms. The van der Waals surface area contributed by atoms with Gasteiger partial charge in [0.2, 0.25) is 0 Å². The van der Waals surface area contributed by atoms with Crippen molar-refractivity contribution in [1.29, 1.82) is 0 Å². The van der Waals surface area contributed by atoms with E-state index in [0.29, 0.717) is 23.8 Å². The van der Waals surface area contributed by atoms with E-state index in [1.165, 1.54) is 0 Å². The lowest BCUT2D eigenvalue weighted by atomic mass is 10.1. The highest BCUT2D eigenvalue weighted by atomic mass is 79.9. The first-order valence-corrected chi connectivity index (χ1v) is 7.19. The number of halogens is 2. The number of ether oxygens (including phenoxy) is 1. The lowest BCUT2D eigenvalue weighted by Gasteiger charge is -2.34. The molecule has 0 N–H and O–H groups in total. The van der Waals surface area contributed by atoms with Crippen molar-refractivity contribution in [3.63, 3.8) is 0 Å². The van der Waals surface area contributed by atoms with Crippen LogP contribution in [0, 0.1) is 0 Å². The predicted molar refractivity (Wildman–Crippen MR) is 73.0 cm³/mol. The van der Waals surface area contributed by atoms with Crippen LogP contribution in [0.1, 0.15) is 23.2 Å². The Bertz CT molecular complexity index is 478. The van der Waals surface area contributed by atoms with Crippen LogP contribution < -0.4 is 0 Å². The minimum absolute atomic E-state index is 0.0251. The van der Waals surface area contributed by atoms with Crippen molar-refractivity contribution in [3.8, 4) is 0 Å². The number of carbonyl (C=O) groups excluding carboxylic acids is 1. The van der Waals surface area contributed by atoms with Gasteiger partial charge in [-0.1, -0.05) is 27.5 Å². The first-order valence-electron chi connectivity index (χ1n) is 6.02. The van der Waals surface area contributed by atoms with Crippen LogP contribution in [-0.2, 0) is 4.74 Å². The zero-order chi connectivity index (χ0) is 12.7. The molecule has 2 aliphatic heterocycles. The molecule has 2 unspecified atom stereocenters. The predicted octanol–water partition coefficient (Wildman–Crippen LogP) is 3.11. The van der Waals surface area contributed by atoms with Gasteiger partial charge < -0.3 is 9.64 Å². The van der Waals surface area contributed by atoms with E-state index in [4.69, 9.17) is 16.3 Å². The van der Waals surface area contributed by atoms with Crippen LogP contribution in [0.25, 0.3) is 0 Å². The Hall–Kier alpha value is -0.580. The van der Waals surface area contributed by atoms with Crippen molar-refractivity contribution in [1.82, 2.24) is 4.90 Å². The van der Waals surface area contributed by atoms with E-state index >= 15 is 0 Å². The summed E-state index contributed by atoms with van der Waals surface area (Å²) in [5.41, 5.74) is 0.574. The van der Waals surface area contributed by atoms with Crippen LogP contribution in [0.4, 0.5) is 0 Å². The molecule has 1 amide bonds. The van der Waals surface area contributed by atoms with Gasteiger partial charge in [0.25, 0.3) is 5.91 Å². The van der Waals surface area contributed by atoms with Crippen molar-refractivity contribution in [2.45, 2.75) is 24.9 Å². The van der Waals surface area contributed by atoms with Gasteiger partial charge in [-0.05, 0) is 31.0 Å². The molecular weight excluding hydrogens is 318 g/mol. The standard InChI is InChI=1S/C13H13BrClNO2/c14-8-1-4-12(15)11(5-8)13(17)16-9-2-3-10(16)7-18-6-9/h1,4-5,9-10H,2-3,6-7H2. The maximum absolute atomic E-state index is 12.6. The molecule has 18 heavy (non-hydrogen) atoms. The van der Waals surface area contributed by atoms with Crippen LogP contribution in [0.5, 0.6) is 0 Å². The Labute approximate surface area is 119 Å². The third-order valence-corrected chi connectivity index (χ3v) is 4.46. The Balaban J connectivity index is 1.93. The van der Waals surface area contributed by atoms with Gasteiger partial charge in [0, 0.05) is 4.47 Å². The fourth-order valence-electron chi connectivity index (χ4n) is 2.76. The van der Waals surface area contributed by atoms with E-state index in [2.05, 4.69) is 15.9 Å². The van der Waals surface area contributed by atoms with Gasteiger partial charge in [0.1, 0.15) is 0 Å². The summed E-state index contributed by atoms with van der Waals surface area (Å²) in [5.74, 6) is 0.0251. The zero-order valence-corrected chi connectivity index (χ0v) is 12.1. The lowest BCUT2D eigenvalue weighted by Crippen LogP contribution is -2.49. The number of morpholine rings is 1. The molecule has 0 radical (unpaired) electrons. The van der Waals surface area contributed by atoms with E-state index in [0.717, 1.165) is 17.3 Å². The molecule has 2 bridgehead atoms. The summed E-state index contributed by atoms with van der Waals surface area (Å²) < 4.78 is 6.36. The fraction of sp³-hybridized carbons (Fsp3) is 0.462. The van der Waals surface area contributed by atoms with Crippen molar-refractivity contribution < 1.29 is 9.53 Å².